The summed E-state index contributed by atoms with van der Waals surface area (Å²) >= 11 is 6.23. The number of carbonyl (C=O) groups excluding carboxylic acids is 12. The number of benzene rings is 3. The molecule has 2 saturated heterocycles. The molecule has 3 N–H and O–H groups in total. The lowest BCUT2D eigenvalue weighted by Gasteiger charge is -2.39. The zero-order valence-corrected chi connectivity index (χ0v) is 61.2. The van der Waals surface area contributed by atoms with E-state index in [9.17, 15) is 51.5 Å². The quantitative estimate of drug-likeness (QED) is 0.206. The molecule has 3 aromatic carbocycles. The standard InChI is InChI=1S/C72H102ClF3N12O12/c1-16-46(6)62-71(100)82(10)42-60(91)80(8)43-61(92)84(12)56(39-50-27-32-52(73)33-28-50)68(97)81(9)41-58(89)77-53(34-29-48-25-30-51(31-26-48)72(74,75)76)66(95)85(13)55(37-44(2)3)69(98)86(14)57(38-49-23-19-17-20-24-49)70(99)87(15)63(45(4)5)65(94)78-54(67(96)88-35-21-18-22-36-88)40-59(90)83(11)47(7)64(93)79-62/h17,19-20,23-28,30-33,44-47,53-57,62-63H,16,18,21-22,29,34-43H2,1-15H3,(H,77,89)(H,78,94)(H,79,93)/t46-,47-,53-,54?,55-,56-,57-,62-,63-/m0/s1. The first-order valence-electron chi connectivity index (χ1n) is 34.1. The molecule has 0 bridgehead atoms. The molecule has 1 unspecified atom stereocenters. The van der Waals surface area contributed by atoms with Gasteiger partial charge in [0.25, 0.3) is 0 Å². The van der Waals surface area contributed by atoms with Crippen LogP contribution in [0.2, 0.25) is 5.02 Å². The predicted molar refractivity (Wildman–Crippen MR) is 371 cm³/mol. The van der Waals surface area contributed by atoms with E-state index in [-0.39, 0.29) is 38.0 Å². The van der Waals surface area contributed by atoms with Crippen molar-refractivity contribution in [2.45, 2.75) is 167 Å². The molecule has 2 aliphatic rings. The van der Waals surface area contributed by atoms with E-state index in [2.05, 4.69) is 16.0 Å². The van der Waals surface area contributed by atoms with Gasteiger partial charge in [-0.3, -0.25) is 57.5 Å². The third-order valence-corrected chi connectivity index (χ3v) is 19.3. The van der Waals surface area contributed by atoms with E-state index in [1.807, 2.05) is 13.8 Å². The van der Waals surface area contributed by atoms with E-state index in [0.717, 1.165) is 48.0 Å². The average Bonchev–Trinajstić information content (AvgIpc) is 0.801. The molecule has 5 rings (SSSR count). The lowest BCUT2D eigenvalue weighted by atomic mass is 9.96. The van der Waals surface area contributed by atoms with Crippen molar-refractivity contribution in [2.75, 3.05) is 89.1 Å². The number of amides is 12. The molecular formula is C72H102ClF3N12O12. The van der Waals surface area contributed by atoms with Gasteiger partial charge in [-0.15, -0.1) is 0 Å². The Kier molecular flexibility index (Phi) is 30.5. The summed E-state index contributed by atoms with van der Waals surface area (Å²) in [6, 6.07) is 8.54. The van der Waals surface area contributed by atoms with Crippen LogP contribution in [0.15, 0.2) is 78.9 Å². The van der Waals surface area contributed by atoms with E-state index in [1.165, 1.54) is 85.2 Å². The molecule has 2 heterocycles. The van der Waals surface area contributed by atoms with Crippen molar-refractivity contribution in [1.29, 1.82) is 0 Å². The fourth-order valence-electron chi connectivity index (χ4n) is 12.3. The van der Waals surface area contributed by atoms with Crippen molar-refractivity contribution in [2.24, 2.45) is 17.8 Å². The fourth-order valence-corrected chi connectivity index (χ4v) is 12.4. The lowest BCUT2D eigenvalue weighted by Crippen LogP contribution is -2.61. The first-order chi connectivity index (χ1) is 46.9. The summed E-state index contributed by atoms with van der Waals surface area (Å²) in [6.45, 7) is 10.7. The predicted octanol–water partition coefficient (Wildman–Crippen LogP) is 4.93. The number of aryl methyl sites for hydroxylation is 1. The van der Waals surface area contributed by atoms with Gasteiger partial charge in [0.15, 0.2) is 0 Å². The zero-order chi connectivity index (χ0) is 74.8. The summed E-state index contributed by atoms with van der Waals surface area (Å²) in [7, 11) is 10.8. The van der Waals surface area contributed by atoms with E-state index >= 15 is 19.2 Å². The Balaban J connectivity index is 1.65. The monoisotopic (exact) mass is 1420 g/mol. The molecule has 0 spiro atoms. The zero-order valence-electron chi connectivity index (χ0n) is 60.4. The highest BCUT2D eigenvalue weighted by molar-refractivity contribution is 6.30. The van der Waals surface area contributed by atoms with Crippen molar-refractivity contribution >= 4 is 82.5 Å². The van der Waals surface area contributed by atoms with E-state index in [4.69, 9.17) is 11.6 Å². The highest BCUT2D eigenvalue weighted by atomic mass is 35.5. The van der Waals surface area contributed by atoms with Crippen molar-refractivity contribution in [3.8, 4) is 0 Å². The Morgan fingerprint density at radius 3 is 1.64 bits per heavy atom. The molecule has 100 heavy (non-hydrogen) atoms. The van der Waals surface area contributed by atoms with Crippen molar-refractivity contribution in [1.82, 2.24) is 60.0 Å². The molecule has 12 amide bonds. The maximum atomic E-state index is 15.5. The number of nitrogens with zero attached hydrogens (tertiary/aromatic N) is 9. The number of likely N-dealkylation sites (tertiary alicyclic amines) is 1. The highest BCUT2D eigenvalue weighted by Crippen LogP contribution is 2.30. The number of hydrogen-bond acceptors (Lipinski definition) is 12. The topological polar surface area (TPSA) is 270 Å². The van der Waals surface area contributed by atoms with Crippen LogP contribution in [0.25, 0.3) is 0 Å². The molecule has 9 atom stereocenters. The number of nitrogens with one attached hydrogen (secondary N) is 3. The number of hydrogen-bond donors (Lipinski definition) is 3. The van der Waals surface area contributed by atoms with Crippen LogP contribution in [0.3, 0.4) is 0 Å². The molecule has 0 radical (unpaired) electrons. The van der Waals surface area contributed by atoms with Gasteiger partial charge in [0.2, 0.25) is 70.9 Å². The van der Waals surface area contributed by atoms with Gasteiger partial charge in [0.1, 0.15) is 48.3 Å². The molecule has 3 aromatic rings. The summed E-state index contributed by atoms with van der Waals surface area (Å²) < 4.78 is 41.2. The Labute approximate surface area is 590 Å². The molecule has 0 aliphatic carbocycles. The Morgan fingerprint density at radius 2 is 1.08 bits per heavy atom. The van der Waals surface area contributed by atoms with Crippen LogP contribution in [0.1, 0.15) is 116 Å². The maximum absolute atomic E-state index is 15.5. The molecule has 0 saturated carbocycles. The molecule has 550 valence electrons. The summed E-state index contributed by atoms with van der Waals surface area (Å²) in [4.78, 5) is 187. The summed E-state index contributed by atoms with van der Waals surface area (Å²) in [5.41, 5.74) is 0.601. The maximum Gasteiger partial charge on any atom is 0.416 e. The fraction of sp³-hybridized carbons (Fsp3) is 0.583. The molecule has 2 aliphatic heterocycles. The van der Waals surface area contributed by atoms with Crippen LogP contribution in [0.4, 0.5) is 13.2 Å². The van der Waals surface area contributed by atoms with Gasteiger partial charge in [-0.25, -0.2) is 0 Å². The molecule has 24 nitrogen and oxygen atoms in total. The number of likely N-dealkylation sites (N-methyl/N-ethyl adjacent to an activating group) is 8. The van der Waals surface area contributed by atoms with Crippen molar-refractivity contribution in [3.63, 3.8) is 0 Å². The van der Waals surface area contributed by atoms with Crippen molar-refractivity contribution in [3.05, 3.63) is 106 Å². The minimum Gasteiger partial charge on any atom is -0.343 e. The third kappa shape index (κ3) is 22.4. The van der Waals surface area contributed by atoms with E-state index < -0.39 is 169 Å². The van der Waals surface area contributed by atoms with Gasteiger partial charge < -0.3 is 60.0 Å². The van der Waals surface area contributed by atoms with Crippen molar-refractivity contribution < 1.29 is 70.7 Å². The second kappa shape index (κ2) is 37.2. The van der Waals surface area contributed by atoms with Gasteiger partial charge in [-0.2, -0.15) is 13.2 Å². The summed E-state index contributed by atoms with van der Waals surface area (Å²) in [5.74, 6) is -10.4. The highest BCUT2D eigenvalue weighted by Gasteiger charge is 2.44. The largest absolute Gasteiger partial charge is 0.416 e. The first-order valence-corrected chi connectivity index (χ1v) is 34.4. The minimum absolute atomic E-state index is 0.00559. The van der Waals surface area contributed by atoms with Crippen LogP contribution in [0, 0.1) is 17.8 Å². The second-order valence-corrected chi connectivity index (χ2v) is 27.9. The summed E-state index contributed by atoms with van der Waals surface area (Å²) in [5, 5.41) is 8.66. The Hall–Kier alpha value is -8.62. The van der Waals surface area contributed by atoms with Crippen LogP contribution < -0.4 is 16.0 Å². The van der Waals surface area contributed by atoms with Gasteiger partial charge in [-0.1, -0.05) is 114 Å². The van der Waals surface area contributed by atoms with Gasteiger partial charge in [0, 0.05) is 87.3 Å². The SMILES string of the molecule is CC[C@H](C)[C@@H]1NC(=O)[C@H](C)N(C)C(=O)CC(C(=O)N2CCCCC2)NC(=O)[C@H](C(C)C)N(C)C(=O)[C@H](Cc2ccccc2)N(C)C(=O)[C@H](CC(C)C)N(C)C(=O)[C@H](CCc2ccc(C(F)(F)F)cc2)NC(=O)CN(C)C(=O)[C@H](Cc2ccc(Cl)cc2)N(C)C(=O)CN(C)C(=O)CN(C)C1=O. The number of alkyl halides is 3. The van der Waals surface area contributed by atoms with Crippen LogP contribution in [0.5, 0.6) is 0 Å². The third-order valence-electron chi connectivity index (χ3n) is 19.1. The van der Waals surface area contributed by atoms with Crippen LogP contribution in [-0.4, -0.2) is 252 Å². The van der Waals surface area contributed by atoms with E-state index in [1.54, 1.807) is 87.2 Å². The minimum atomic E-state index is -4.65. The number of rotatable bonds is 13. The average molecular weight is 1420 g/mol. The number of halogens is 4. The van der Waals surface area contributed by atoms with Gasteiger partial charge in [0.05, 0.1) is 31.6 Å². The number of piperidine rings is 1. The lowest BCUT2D eigenvalue weighted by molar-refractivity contribution is -0.153. The van der Waals surface area contributed by atoms with Gasteiger partial charge in [-0.05, 0) is 104 Å². The normalized spacial score (nSPS) is 23.7. The Bertz CT molecular complexity index is 3360. The molecule has 28 heteroatoms. The van der Waals surface area contributed by atoms with E-state index in [0.29, 0.717) is 54.1 Å². The second-order valence-electron chi connectivity index (χ2n) is 27.4. The van der Waals surface area contributed by atoms with Crippen LogP contribution >= 0.6 is 11.6 Å². The van der Waals surface area contributed by atoms with Gasteiger partial charge >= 0.3 is 6.18 Å². The number of carbonyl (C=O) groups is 12. The molecule has 0 aromatic heterocycles. The molecular weight excluding hydrogens is 1320 g/mol. The first kappa shape index (κ1) is 82.1. The Morgan fingerprint density at radius 1 is 0.550 bits per heavy atom. The molecule has 2 fully saturated rings. The van der Waals surface area contributed by atoms with Crippen LogP contribution in [-0.2, 0) is 83.0 Å². The summed E-state index contributed by atoms with van der Waals surface area (Å²) in [6.07, 6.45) is -3.26. The smallest absolute Gasteiger partial charge is 0.343 e.